The van der Waals surface area contributed by atoms with Crippen LogP contribution in [0.5, 0.6) is 0 Å². The standard InChI is InChI=1S/C9H21N3O/c1-9(2,12(3)4)7-11-8(13)5-6-10/h5-7,10H2,1-4H3,(H,11,13). The summed E-state index contributed by atoms with van der Waals surface area (Å²) in [5.41, 5.74) is 5.25. The van der Waals surface area contributed by atoms with E-state index in [4.69, 9.17) is 5.73 Å². The number of nitrogens with two attached hydrogens (primary N) is 1. The van der Waals surface area contributed by atoms with Crippen molar-refractivity contribution in [3.8, 4) is 0 Å². The van der Waals surface area contributed by atoms with Gasteiger partial charge in [0.15, 0.2) is 0 Å². The van der Waals surface area contributed by atoms with Gasteiger partial charge in [0.1, 0.15) is 0 Å². The zero-order chi connectivity index (χ0) is 10.5. The Labute approximate surface area is 80.5 Å². The quantitative estimate of drug-likeness (QED) is 0.626. The Morgan fingerprint density at radius 3 is 2.38 bits per heavy atom. The number of carbonyl (C=O) groups is 1. The molecule has 0 atom stereocenters. The number of nitrogens with zero attached hydrogens (tertiary/aromatic N) is 1. The lowest BCUT2D eigenvalue weighted by molar-refractivity contribution is -0.121. The highest BCUT2D eigenvalue weighted by Gasteiger charge is 2.20. The lowest BCUT2D eigenvalue weighted by Crippen LogP contribution is -2.48. The first-order chi connectivity index (χ1) is 5.90. The lowest BCUT2D eigenvalue weighted by Gasteiger charge is -2.32. The van der Waals surface area contributed by atoms with Crippen LogP contribution in [-0.4, -0.2) is 43.5 Å². The van der Waals surface area contributed by atoms with Gasteiger partial charge in [0, 0.05) is 25.0 Å². The molecule has 0 saturated heterocycles. The fraction of sp³-hybridized carbons (Fsp3) is 0.889. The summed E-state index contributed by atoms with van der Waals surface area (Å²) in [4.78, 5) is 13.2. The van der Waals surface area contributed by atoms with Crippen molar-refractivity contribution in [1.82, 2.24) is 10.2 Å². The number of rotatable bonds is 5. The number of hydrogen-bond donors (Lipinski definition) is 2. The summed E-state index contributed by atoms with van der Waals surface area (Å²) in [5.74, 6) is 0.0254. The minimum Gasteiger partial charge on any atom is -0.354 e. The number of carbonyl (C=O) groups excluding carboxylic acids is 1. The van der Waals surface area contributed by atoms with Gasteiger partial charge >= 0.3 is 0 Å². The molecule has 0 spiro atoms. The molecular weight excluding hydrogens is 166 g/mol. The molecule has 13 heavy (non-hydrogen) atoms. The maximum absolute atomic E-state index is 11.1. The summed E-state index contributed by atoms with van der Waals surface area (Å²) in [7, 11) is 3.99. The van der Waals surface area contributed by atoms with E-state index < -0.39 is 0 Å². The molecule has 4 nitrogen and oxygen atoms in total. The van der Waals surface area contributed by atoms with E-state index in [1.54, 1.807) is 0 Å². The summed E-state index contributed by atoms with van der Waals surface area (Å²) in [6.07, 6.45) is 0.406. The van der Waals surface area contributed by atoms with Crippen LogP contribution >= 0.6 is 0 Å². The van der Waals surface area contributed by atoms with Crippen LogP contribution < -0.4 is 11.1 Å². The molecule has 1 amide bonds. The van der Waals surface area contributed by atoms with E-state index in [9.17, 15) is 4.79 Å². The van der Waals surface area contributed by atoms with E-state index in [2.05, 4.69) is 24.1 Å². The van der Waals surface area contributed by atoms with Gasteiger partial charge in [-0.3, -0.25) is 4.79 Å². The van der Waals surface area contributed by atoms with Gasteiger partial charge in [-0.2, -0.15) is 0 Å². The molecule has 0 saturated carbocycles. The number of nitrogens with one attached hydrogen (secondary N) is 1. The van der Waals surface area contributed by atoms with Crippen molar-refractivity contribution >= 4 is 5.91 Å². The molecular formula is C9H21N3O. The first-order valence-corrected chi connectivity index (χ1v) is 4.54. The van der Waals surface area contributed by atoms with Crippen LogP contribution in [0.4, 0.5) is 0 Å². The van der Waals surface area contributed by atoms with Crippen molar-refractivity contribution in [2.24, 2.45) is 5.73 Å². The van der Waals surface area contributed by atoms with E-state index in [1.807, 2.05) is 14.1 Å². The van der Waals surface area contributed by atoms with Gasteiger partial charge in [-0.15, -0.1) is 0 Å². The SMILES string of the molecule is CN(C)C(C)(C)CNC(=O)CCN. The average molecular weight is 187 g/mol. The number of hydrogen-bond acceptors (Lipinski definition) is 3. The molecule has 3 N–H and O–H groups in total. The minimum atomic E-state index is -0.00966. The van der Waals surface area contributed by atoms with Gasteiger partial charge in [0.2, 0.25) is 5.91 Å². The third kappa shape index (κ3) is 4.85. The normalized spacial score (nSPS) is 11.8. The van der Waals surface area contributed by atoms with Crippen molar-refractivity contribution < 1.29 is 4.79 Å². The van der Waals surface area contributed by atoms with Crippen LogP contribution in [0.1, 0.15) is 20.3 Å². The second kappa shape index (κ2) is 5.19. The van der Waals surface area contributed by atoms with Crippen LogP contribution in [0.2, 0.25) is 0 Å². The molecule has 0 aromatic rings. The third-order valence-electron chi connectivity index (χ3n) is 2.30. The van der Waals surface area contributed by atoms with Crippen LogP contribution in [0.15, 0.2) is 0 Å². The Balaban J connectivity index is 3.81. The Hall–Kier alpha value is -0.610. The smallest absolute Gasteiger partial charge is 0.221 e. The molecule has 0 aliphatic rings. The highest BCUT2D eigenvalue weighted by Crippen LogP contribution is 2.07. The predicted molar refractivity (Wildman–Crippen MR) is 54.4 cm³/mol. The second-order valence-corrected chi connectivity index (χ2v) is 4.02. The average Bonchev–Trinajstić information content (AvgIpc) is 2.01. The Morgan fingerprint density at radius 1 is 1.46 bits per heavy atom. The molecule has 0 fully saturated rings. The molecule has 0 heterocycles. The molecule has 0 rings (SSSR count). The number of likely N-dealkylation sites (N-methyl/N-ethyl adjacent to an activating group) is 1. The van der Waals surface area contributed by atoms with Gasteiger partial charge in [-0.1, -0.05) is 0 Å². The largest absolute Gasteiger partial charge is 0.354 e. The van der Waals surface area contributed by atoms with Crippen molar-refractivity contribution in [3.05, 3.63) is 0 Å². The van der Waals surface area contributed by atoms with E-state index in [0.29, 0.717) is 19.5 Å². The Kier molecular flexibility index (Phi) is 4.95. The predicted octanol–water partition coefficient (Wildman–Crippen LogP) is -0.208. The maximum atomic E-state index is 11.1. The first-order valence-electron chi connectivity index (χ1n) is 4.54. The van der Waals surface area contributed by atoms with Gasteiger partial charge in [-0.25, -0.2) is 0 Å². The zero-order valence-corrected chi connectivity index (χ0v) is 9.05. The molecule has 0 radical (unpaired) electrons. The fourth-order valence-corrected chi connectivity index (χ4v) is 0.692. The monoisotopic (exact) mass is 187 g/mol. The summed E-state index contributed by atoms with van der Waals surface area (Å²) in [6, 6.07) is 0. The third-order valence-corrected chi connectivity index (χ3v) is 2.30. The van der Waals surface area contributed by atoms with Gasteiger partial charge in [0.05, 0.1) is 0 Å². The van der Waals surface area contributed by atoms with Gasteiger partial charge in [0.25, 0.3) is 0 Å². The fourth-order valence-electron chi connectivity index (χ4n) is 0.692. The molecule has 0 unspecified atom stereocenters. The highest BCUT2D eigenvalue weighted by molar-refractivity contribution is 5.76. The van der Waals surface area contributed by atoms with Crippen LogP contribution in [-0.2, 0) is 4.79 Å². The molecule has 4 heteroatoms. The maximum Gasteiger partial charge on any atom is 0.221 e. The van der Waals surface area contributed by atoms with E-state index >= 15 is 0 Å². The molecule has 0 aromatic carbocycles. The van der Waals surface area contributed by atoms with Crippen molar-refractivity contribution in [2.45, 2.75) is 25.8 Å². The van der Waals surface area contributed by atoms with E-state index in [0.717, 1.165) is 0 Å². The first kappa shape index (κ1) is 12.4. The highest BCUT2D eigenvalue weighted by atomic mass is 16.1. The molecule has 0 bridgehead atoms. The van der Waals surface area contributed by atoms with Gasteiger partial charge < -0.3 is 16.0 Å². The summed E-state index contributed by atoms with van der Waals surface area (Å²) < 4.78 is 0. The van der Waals surface area contributed by atoms with Crippen LogP contribution in [0.25, 0.3) is 0 Å². The molecule has 0 aromatic heterocycles. The molecule has 0 aliphatic heterocycles. The van der Waals surface area contributed by atoms with Crippen LogP contribution in [0, 0.1) is 0 Å². The van der Waals surface area contributed by atoms with E-state index in [-0.39, 0.29) is 11.4 Å². The van der Waals surface area contributed by atoms with Crippen LogP contribution in [0.3, 0.4) is 0 Å². The van der Waals surface area contributed by atoms with E-state index in [1.165, 1.54) is 0 Å². The molecule has 78 valence electrons. The van der Waals surface area contributed by atoms with Gasteiger partial charge in [-0.05, 0) is 27.9 Å². The van der Waals surface area contributed by atoms with Crippen molar-refractivity contribution in [1.29, 1.82) is 0 Å². The minimum absolute atomic E-state index is 0.00966. The lowest BCUT2D eigenvalue weighted by atomic mass is 10.0. The summed E-state index contributed by atoms with van der Waals surface area (Å²) in [6.45, 7) is 5.22. The molecule has 0 aliphatic carbocycles. The topological polar surface area (TPSA) is 58.4 Å². The zero-order valence-electron chi connectivity index (χ0n) is 9.05. The van der Waals surface area contributed by atoms with Crippen molar-refractivity contribution in [3.63, 3.8) is 0 Å². The Bertz CT molecular complexity index is 166. The number of amides is 1. The second-order valence-electron chi connectivity index (χ2n) is 4.02. The van der Waals surface area contributed by atoms with Crippen molar-refractivity contribution in [2.75, 3.05) is 27.2 Å². The summed E-state index contributed by atoms with van der Waals surface area (Å²) in [5, 5.41) is 2.84. The summed E-state index contributed by atoms with van der Waals surface area (Å²) >= 11 is 0. The Morgan fingerprint density at radius 2 is 2.00 bits per heavy atom.